The first-order chi connectivity index (χ1) is 13.2. The summed E-state index contributed by atoms with van der Waals surface area (Å²) in [6.45, 7) is 2.73. The van der Waals surface area contributed by atoms with Crippen LogP contribution < -0.4 is 5.32 Å². The van der Waals surface area contributed by atoms with Crippen molar-refractivity contribution in [3.05, 3.63) is 87.4 Å². The van der Waals surface area contributed by atoms with E-state index >= 15 is 0 Å². The topological polar surface area (TPSA) is 42.0 Å². The molecule has 2 aromatic carbocycles. The predicted octanol–water partition coefficient (Wildman–Crippen LogP) is 4.99. The van der Waals surface area contributed by atoms with Crippen molar-refractivity contribution in [3.8, 4) is 0 Å². The zero-order chi connectivity index (χ0) is 18.9. The van der Waals surface area contributed by atoms with Gasteiger partial charge >= 0.3 is 0 Å². The third-order valence-corrected chi connectivity index (χ3v) is 5.58. The van der Waals surface area contributed by atoms with Crippen LogP contribution in [0.15, 0.2) is 60.0 Å². The highest BCUT2D eigenvalue weighted by Gasteiger charge is 2.10. The number of carbonyl (C=O) groups excluding carboxylic acids is 1. The molecule has 140 valence electrons. The maximum atomic E-state index is 12.6. The number of unbranched alkanes of at least 4 members (excludes halogenated alkanes) is 1. The van der Waals surface area contributed by atoms with Crippen molar-refractivity contribution >= 4 is 17.2 Å². The number of hydrogen-bond acceptors (Lipinski definition) is 3. The highest BCUT2D eigenvalue weighted by molar-refractivity contribution is 7.09. The zero-order valence-corrected chi connectivity index (χ0v) is 16.6. The van der Waals surface area contributed by atoms with Crippen LogP contribution in [-0.4, -0.2) is 17.4 Å². The van der Waals surface area contributed by atoms with Crippen LogP contribution in [0.1, 0.15) is 45.0 Å². The van der Waals surface area contributed by atoms with E-state index in [9.17, 15) is 4.79 Å². The summed E-state index contributed by atoms with van der Waals surface area (Å²) in [7, 11) is 0. The summed E-state index contributed by atoms with van der Waals surface area (Å²) in [5.74, 6) is 0.0313. The van der Waals surface area contributed by atoms with Gasteiger partial charge in [-0.1, -0.05) is 48.5 Å². The Bertz CT molecular complexity index is 858. The van der Waals surface area contributed by atoms with E-state index < -0.39 is 0 Å². The molecule has 0 fully saturated rings. The van der Waals surface area contributed by atoms with Crippen LogP contribution in [0, 0.1) is 6.92 Å². The Morgan fingerprint density at radius 2 is 1.74 bits per heavy atom. The molecule has 0 aliphatic rings. The van der Waals surface area contributed by atoms with Crippen LogP contribution in [-0.2, 0) is 19.3 Å². The number of amides is 1. The van der Waals surface area contributed by atoms with E-state index in [0.29, 0.717) is 6.54 Å². The van der Waals surface area contributed by atoms with Gasteiger partial charge in [0.15, 0.2) is 0 Å². The summed E-state index contributed by atoms with van der Waals surface area (Å²) in [6, 6.07) is 18.3. The van der Waals surface area contributed by atoms with Crippen LogP contribution in [0.3, 0.4) is 0 Å². The monoisotopic (exact) mass is 378 g/mol. The maximum absolute atomic E-state index is 12.6. The summed E-state index contributed by atoms with van der Waals surface area (Å²) >= 11 is 1.72. The molecule has 0 saturated heterocycles. The molecule has 3 aromatic rings. The molecule has 3 nitrogen and oxygen atoms in total. The quantitative estimate of drug-likeness (QED) is 0.533. The van der Waals surface area contributed by atoms with Crippen LogP contribution in [0.4, 0.5) is 0 Å². The van der Waals surface area contributed by atoms with Crippen LogP contribution in [0.2, 0.25) is 0 Å². The van der Waals surface area contributed by atoms with Gasteiger partial charge in [-0.3, -0.25) is 4.79 Å². The van der Waals surface area contributed by atoms with Crippen LogP contribution in [0.5, 0.6) is 0 Å². The number of aryl methyl sites for hydroxylation is 4. The van der Waals surface area contributed by atoms with Crippen LogP contribution >= 0.6 is 11.3 Å². The van der Waals surface area contributed by atoms with Crippen molar-refractivity contribution in [1.29, 1.82) is 0 Å². The fourth-order valence-corrected chi connectivity index (χ4v) is 3.92. The van der Waals surface area contributed by atoms with Gasteiger partial charge in [-0.15, -0.1) is 11.3 Å². The Morgan fingerprint density at radius 3 is 2.52 bits per heavy atom. The molecule has 4 heteroatoms. The molecule has 1 heterocycles. The highest BCUT2D eigenvalue weighted by Crippen LogP contribution is 2.14. The number of rotatable bonds is 9. The van der Waals surface area contributed by atoms with Crippen molar-refractivity contribution in [2.75, 3.05) is 6.54 Å². The fraction of sp³-hybridized carbons (Fsp3) is 0.304. The molecule has 0 atom stereocenters. The van der Waals surface area contributed by atoms with Crippen molar-refractivity contribution in [2.24, 2.45) is 0 Å². The molecule has 1 aromatic heterocycles. The summed E-state index contributed by atoms with van der Waals surface area (Å²) < 4.78 is 0. The molecule has 27 heavy (non-hydrogen) atoms. The lowest BCUT2D eigenvalue weighted by Gasteiger charge is -2.10. The number of nitrogens with zero attached hydrogens (tertiary/aromatic N) is 1. The Kier molecular flexibility index (Phi) is 7.17. The van der Waals surface area contributed by atoms with Gasteiger partial charge in [-0.05, 0) is 56.2 Å². The standard InChI is InChI=1S/C23H26N2OS/c1-18-17-27-22(25-18)13-7-8-16-24-23(26)21-12-6-5-11-20(21)15-14-19-9-3-2-4-10-19/h2-6,9-12,17H,7-8,13-16H2,1H3,(H,24,26). The fourth-order valence-electron chi connectivity index (χ4n) is 3.10. The number of benzene rings is 2. The van der Waals surface area contributed by atoms with E-state index in [4.69, 9.17) is 0 Å². The number of hydrogen-bond donors (Lipinski definition) is 1. The van der Waals surface area contributed by atoms with E-state index in [2.05, 4.69) is 46.0 Å². The number of carbonyl (C=O) groups is 1. The molecule has 0 saturated carbocycles. The van der Waals surface area contributed by atoms with Gasteiger partial charge < -0.3 is 5.32 Å². The molecule has 3 rings (SSSR count). The minimum Gasteiger partial charge on any atom is -0.352 e. The molecule has 0 aliphatic carbocycles. The van der Waals surface area contributed by atoms with Gasteiger partial charge in [0.1, 0.15) is 0 Å². The number of aromatic nitrogens is 1. The second-order valence-corrected chi connectivity index (χ2v) is 7.68. The summed E-state index contributed by atoms with van der Waals surface area (Å²) in [6.07, 6.45) is 4.82. The number of thiazole rings is 1. The van der Waals surface area contributed by atoms with Gasteiger partial charge in [0, 0.05) is 23.2 Å². The Hall–Kier alpha value is -2.46. The van der Waals surface area contributed by atoms with Crippen molar-refractivity contribution in [3.63, 3.8) is 0 Å². The Balaban J connectivity index is 1.46. The Morgan fingerprint density at radius 1 is 0.963 bits per heavy atom. The maximum Gasteiger partial charge on any atom is 0.251 e. The third-order valence-electron chi connectivity index (χ3n) is 4.56. The average molecular weight is 379 g/mol. The molecule has 0 spiro atoms. The van der Waals surface area contributed by atoms with Crippen molar-refractivity contribution < 1.29 is 4.79 Å². The van der Waals surface area contributed by atoms with Crippen molar-refractivity contribution in [2.45, 2.75) is 39.0 Å². The van der Waals surface area contributed by atoms with Gasteiger partial charge in [0.25, 0.3) is 5.91 Å². The lowest BCUT2D eigenvalue weighted by atomic mass is 9.99. The molecule has 0 aliphatic heterocycles. The minimum atomic E-state index is 0.0313. The number of nitrogens with one attached hydrogen (secondary N) is 1. The first-order valence-electron chi connectivity index (χ1n) is 9.53. The molecule has 0 bridgehead atoms. The normalized spacial score (nSPS) is 10.7. The average Bonchev–Trinajstić information content (AvgIpc) is 3.12. The minimum absolute atomic E-state index is 0.0313. The molecule has 0 radical (unpaired) electrons. The second kappa shape index (κ2) is 10.0. The molecular weight excluding hydrogens is 352 g/mol. The first kappa shape index (κ1) is 19.3. The summed E-state index contributed by atoms with van der Waals surface area (Å²) in [5, 5.41) is 6.35. The lowest BCUT2D eigenvalue weighted by Crippen LogP contribution is -2.25. The zero-order valence-electron chi connectivity index (χ0n) is 15.8. The summed E-state index contributed by atoms with van der Waals surface area (Å²) in [5.41, 5.74) is 4.29. The van der Waals surface area contributed by atoms with Gasteiger partial charge in [0.05, 0.1) is 5.01 Å². The first-order valence-corrected chi connectivity index (χ1v) is 10.4. The van der Waals surface area contributed by atoms with Crippen molar-refractivity contribution in [1.82, 2.24) is 10.3 Å². The molecule has 0 unspecified atom stereocenters. The molecular formula is C23H26N2OS. The Labute approximate surface area is 165 Å². The lowest BCUT2D eigenvalue weighted by molar-refractivity contribution is 0.0952. The van der Waals surface area contributed by atoms with E-state index in [0.717, 1.165) is 48.9 Å². The van der Waals surface area contributed by atoms with Gasteiger partial charge in [-0.25, -0.2) is 4.98 Å². The van der Waals surface area contributed by atoms with E-state index in [1.165, 1.54) is 10.6 Å². The van der Waals surface area contributed by atoms with E-state index in [1.54, 1.807) is 11.3 Å². The van der Waals surface area contributed by atoms with Gasteiger partial charge in [0.2, 0.25) is 0 Å². The SMILES string of the molecule is Cc1csc(CCCCNC(=O)c2ccccc2CCc2ccccc2)n1. The van der Waals surface area contributed by atoms with Crippen LogP contribution in [0.25, 0.3) is 0 Å². The predicted molar refractivity (Wildman–Crippen MR) is 112 cm³/mol. The second-order valence-electron chi connectivity index (χ2n) is 6.74. The van der Waals surface area contributed by atoms with E-state index in [-0.39, 0.29) is 5.91 Å². The summed E-state index contributed by atoms with van der Waals surface area (Å²) in [4.78, 5) is 17.1. The third kappa shape index (κ3) is 6.04. The van der Waals surface area contributed by atoms with Gasteiger partial charge in [-0.2, -0.15) is 0 Å². The highest BCUT2D eigenvalue weighted by atomic mass is 32.1. The molecule has 1 amide bonds. The largest absolute Gasteiger partial charge is 0.352 e. The van der Waals surface area contributed by atoms with E-state index in [1.807, 2.05) is 31.2 Å². The molecule has 1 N–H and O–H groups in total. The smallest absolute Gasteiger partial charge is 0.251 e.